The van der Waals surface area contributed by atoms with Crippen LogP contribution in [0.1, 0.15) is 34.7 Å². The Morgan fingerprint density at radius 1 is 1.18 bits per heavy atom. The second-order valence-electron chi connectivity index (χ2n) is 6.97. The third kappa shape index (κ3) is 5.04. The van der Waals surface area contributed by atoms with Gasteiger partial charge in [-0.1, -0.05) is 11.6 Å². The molecular formula is C21H14ClF4N5OS. The van der Waals surface area contributed by atoms with E-state index < -0.39 is 23.7 Å². The third-order valence-corrected chi connectivity index (χ3v) is 5.64. The third-order valence-electron chi connectivity index (χ3n) is 4.61. The molecule has 0 spiro atoms. The summed E-state index contributed by atoms with van der Waals surface area (Å²) in [6, 6.07) is 7.76. The number of nitrogens with zero attached hydrogens (tertiary/aromatic N) is 4. The van der Waals surface area contributed by atoms with E-state index in [2.05, 4.69) is 20.4 Å². The molecule has 1 N–H and O–H groups in total. The van der Waals surface area contributed by atoms with E-state index in [0.717, 1.165) is 18.2 Å². The molecule has 1 unspecified atom stereocenters. The Bertz CT molecular complexity index is 1300. The van der Waals surface area contributed by atoms with Gasteiger partial charge < -0.3 is 5.32 Å². The summed E-state index contributed by atoms with van der Waals surface area (Å²) in [6.07, 6.45) is -3.36. The highest BCUT2D eigenvalue weighted by atomic mass is 35.5. The summed E-state index contributed by atoms with van der Waals surface area (Å²) in [7, 11) is 0. The number of halogens is 5. The van der Waals surface area contributed by atoms with E-state index in [4.69, 9.17) is 11.6 Å². The normalized spacial score (nSPS) is 12.5. The summed E-state index contributed by atoms with van der Waals surface area (Å²) in [4.78, 5) is 21.2. The first-order valence-electron chi connectivity index (χ1n) is 9.42. The van der Waals surface area contributed by atoms with Crippen LogP contribution in [0.5, 0.6) is 0 Å². The van der Waals surface area contributed by atoms with Crippen LogP contribution in [0, 0.1) is 5.82 Å². The number of benzene rings is 2. The van der Waals surface area contributed by atoms with Crippen molar-refractivity contribution in [3.05, 3.63) is 82.0 Å². The van der Waals surface area contributed by atoms with Crippen molar-refractivity contribution < 1.29 is 22.4 Å². The SMILES string of the molecule is CC(NC(=O)c1cc(Cl)cc(C(F)(F)F)c1)c1ncnn1-c1nc(-c2ccc(F)cc2)cs1. The van der Waals surface area contributed by atoms with Crippen molar-refractivity contribution in [3.8, 4) is 16.4 Å². The molecule has 1 atom stereocenters. The molecule has 2 heterocycles. The van der Waals surface area contributed by atoms with Gasteiger partial charge in [-0.3, -0.25) is 4.79 Å². The van der Waals surface area contributed by atoms with Crippen LogP contribution in [0.4, 0.5) is 17.6 Å². The molecular weight excluding hydrogens is 482 g/mol. The number of carbonyl (C=O) groups excluding carboxylic acids is 1. The zero-order chi connectivity index (χ0) is 23.8. The summed E-state index contributed by atoms with van der Waals surface area (Å²) in [5.41, 5.74) is 0.0581. The fraction of sp³-hybridized carbons (Fsp3) is 0.143. The first kappa shape index (κ1) is 22.9. The molecule has 33 heavy (non-hydrogen) atoms. The average Bonchev–Trinajstić information content (AvgIpc) is 3.43. The maximum atomic E-state index is 13.2. The number of thiazole rings is 1. The molecule has 1 amide bonds. The Balaban J connectivity index is 1.55. The number of hydrogen-bond acceptors (Lipinski definition) is 5. The van der Waals surface area contributed by atoms with Crippen LogP contribution in [-0.2, 0) is 6.18 Å². The van der Waals surface area contributed by atoms with Crippen LogP contribution in [0.25, 0.3) is 16.4 Å². The standard InChI is InChI=1S/C21H14ClF4N5OS/c1-11(29-19(32)13-6-14(21(24,25)26)8-15(22)7-13)18-27-10-28-31(18)20-30-17(9-33-20)12-2-4-16(23)5-3-12/h2-11H,1H3,(H,29,32). The second-order valence-corrected chi connectivity index (χ2v) is 8.25. The highest BCUT2D eigenvalue weighted by Crippen LogP contribution is 2.32. The smallest absolute Gasteiger partial charge is 0.342 e. The number of alkyl halides is 3. The van der Waals surface area contributed by atoms with Gasteiger partial charge in [0.1, 0.15) is 12.1 Å². The average molecular weight is 496 g/mol. The summed E-state index contributed by atoms with van der Waals surface area (Å²) in [5, 5.41) is 8.76. The molecule has 0 aliphatic rings. The maximum absolute atomic E-state index is 13.2. The molecule has 12 heteroatoms. The Morgan fingerprint density at radius 3 is 2.61 bits per heavy atom. The number of hydrogen-bond donors (Lipinski definition) is 1. The molecule has 4 rings (SSSR count). The lowest BCUT2D eigenvalue weighted by Gasteiger charge is -2.15. The van der Waals surface area contributed by atoms with Gasteiger partial charge in [0.15, 0.2) is 5.82 Å². The van der Waals surface area contributed by atoms with Crippen LogP contribution in [0.15, 0.2) is 54.2 Å². The molecule has 2 aromatic heterocycles. The highest BCUT2D eigenvalue weighted by Gasteiger charge is 2.32. The van der Waals surface area contributed by atoms with Gasteiger partial charge in [-0.05, 0) is 49.4 Å². The van der Waals surface area contributed by atoms with Crippen LogP contribution in [-0.4, -0.2) is 25.7 Å². The lowest BCUT2D eigenvalue weighted by molar-refractivity contribution is -0.137. The molecule has 4 aromatic rings. The van der Waals surface area contributed by atoms with Crippen molar-refractivity contribution in [1.29, 1.82) is 0 Å². The van der Waals surface area contributed by atoms with E-state index in [1.165, 1.54) is 34.5 Å². The Morgan fingerprint density at radius 2 is 1.91 bits per heavy atom. The number of rotatable bonds is 5. The zero-order valence-corrected chi connectivity index (χ0v) is 18.3. The van der Waals surface area contributed by atoms with Crippen molar-refractivity contribution in [1.82, 2.24) is 25.1 Å². The molecule has 0 radical (unpaired) electrons. The number of aromatic nitrogens is 4. The lowest BCUT2D eigenvalue weighted by atomic mass is 10.1. The molecule has 0 fully saturated rings. The molecule has 6 nitrogen and oxygen atoms in total. The topological polar surface area (TPSA) is 72.7 Å². The van der Waals surface area contributed by atoms with Crippen LogP contribution >= 0.6 is 22.9 Å². The van der Waals surface area contributed by atoms with E-state index in [1.54, 1.807) is 24.4 Å². The van der Waals surface area contributed by atoms with Crippen LogP contribution < -0.4 is 5.32 Å². The quantitative estimate of drug-likeness (QED) is 0.361. The van der Waals surface area contributed by atoms with Gasteiger partial charge in [0, 0.05) is 21.5 Å². The minimum Gasteiger partial charge on any atom is -0.342 e. The summed E-state index contributed by atoms with van der Waals surface area (Å²) in [6.45, 7) is 1.61. The summed E-state index contributed by atoms with van der Waals surface area (Å²) < 4.78 is 53.7. The number of carbonyl (C=O) groups is 1. The number of nitrogens with one attached hydrogen (secondary N) is 1. The van der Waals surface area contributed by atoms with Gasteiger partial charge in [-0.25, -0.2) is 14.4 Å². The summed E-state index contributed by atoms with van der Waals surface area (Å²) in [5.74, 6) is -0.794. The van der Waals surface area contributed by atoms with Crippen molar-refractivity contribution in [2.45, 2.75) is 19.1 Å². The lowest BCUT2D eigenvalue weighted by Crippen LogP contribution is -2.29. The Labute approximate surface area is 193 Å². The molecule has 170 valence electrons. The second kappa shape index (κ2) is 8.91. The zero-order valence-electron chi connectivity index (χ0n) is 16.8. The first-order chi connectivity index (χ1) is 15.6. The molecule has 2 aromatic carbocycles. The predicted molar refractivity (Wildman–Crippen MR) is 115 cm³/mol. The first-order valence-corrected chi connectivity index (χ1v) is 10.7. The Kier molecular flexibility index (Phi) is 6.17. The van der Waals surface area contributed by atoms with Gasteiger partial charge in [0.25, 0.3) is 5.91 Å². The fourth-order valence-corrected chi connectivity index (χ4v) is 4.07. The van der Waals surface area contributed by atoms with E-state index in [0.29, 0.717) is 22.2 Å². The molecule has 0 saturated heterocycles. The molecule has 0 aliphatic carbocycles. The largest absolute Gasteiger partial charge is 0.416 e. The van der Waals surface area contributed by atoms with Gasteiger partial charge in [-0.15, -0.1) is 11.3 Å². The highest BCUT2D eigenvalue weighted by molar-refractivity contribution is 7.12. The monoisotopic (exact) mass is 495 g/mol. The van der Waals surface area contributed by atoms with Crippen molar-refractivity contribution in [2.24, 2.45) is 0 Å². The van der Waals surface area contributed by atoms with E-state index >= 15 is 0 Å². The molecule has 0 bridgehead atoms. The van der Waals surface area contributed by atoms with E-state index in [-0.39, 0.29) is 16.4 Å². The van der Waals surface area contributed by atoms with Crippen molar-refractivity contribution in [3.63, 3.8) is 0 Å². The van der Waals surface area contributed by atoms with Crippen LogP contribution in [0.3, 0.4) is 0 Å². The van der Waals surface area contributed by atoms with Gasteiger partial charge >= 0.3 is 6.18 Å². The minimum absolute atomic E-state index is 0.207. The molecule has 0 aliphatic heterocycles. The van der Waals surface area contributed by atoms with Gasteiger partial charge in [-0.2, -0.15) is 23.0 Å². The van der Waals surface area contributed by atoms with Gasteiger partial charge in [0.2, 0.25) is 5.13 Å². The maximum Gasteiger partial charge on any atom is 0.416 e. The molecule has 0 saturated carbocycles. The van der Waals surface area contributed by atoms with Crippen molar-refractivity contribution in [2.75, 3.05) is 0 Å². The van der Waals surface area contributed by atoms with E-state index in [1.807, 2.05) is 0 Å². The van der Waals surface area contributed by atoms with Crippen LogP contribution in [0.2, 0.25) is 5.02 Å². The fourth-order valence-electron chi connectivity index (χ4n) is 3.04. The van der Waals surface area contributed by atoms with Gasteiger partial charge in [0.05, 0.1) is 17.3 Å². The number of amides is 1. The minimum atomic E-state index is -4.64. The van der Waals surface area contributed by atoms with E-state index in [9.17, 15) is 22.4 Å². The van der Waals surface area contributed by atoms with Crippen molar-refractivity contribution >= 4 is 28.8 Å². The summed E-state index contributed by atoms with van der Waals surface area (Å²) >= 11 is 7.03. The Hall–Kier alpha value is -3.31. The predicted octanol–water partition coefficient (Wildman–Crippen LogP) is 5.69.